The summed E-state index contributed by atoms with van der Waals surface area (Å²) in [6, 6.07) is 66.8. The van der Waals surface area contributed by atoms with Crippen LogP contribution in [0, 0.1) is 0 Å². The van der Waals surface area contributed by atoms with Crippen LogP contribution < -0.4 is 5.32 Å². The molecule has 5 nitrogen and oxygen atoms in total. The number of aromatic nitrogens is 2. The molecule has 2 aromatic heterocycles. The molecule has 54 heavy (non-hydrogen) atoms. The molecule has 10 aromatic rings. The maximum Gasteiger partial charge on any atom is 0.160 e. The molecule has 1 atom stereocenters. The van der Waals surface area contributed by atoms with Crippen LogP contribution in [0.2, 0.25) is 0 Å². The van der Waals surface area contributed by atoms with Gasteiger partial charge in [0, 0.05) is 43.7 Å². The quantitative estimate of drug-likeness (QED) is 0.192. The molecule has 254 valence electrons. The van der Waals surface area contributed by atoms with Crippen molar-refractivity contribution in [2.45, 2.75) is 6.17 Å². The first kappa shape index (κ1) is 30.4. The lowest BCUT2D eigenvalue weighted by Gasteiger charge is -2.24. The van der Waals surface area contributed by atoms with Gasteiger partial charge in [-0.25, -0.2) is 9.98 Å². The van der Waals surface area contributed by atoms with Crippen LogP contribution in [0.15, 0.2) is 198 Å². The molecule has 3 heterocycles. The van der Waals surface area contributed by atoms with Gasteiger partial charge >= 0.3 is 0 Å². The number of para-hydroxylation sites is 3. The van der Waals surface area contributed by atoms with Gasteiger partial charge < -0.3 is 14.5 Å². The predicted octanol–water partition coefficient (Wildman–Crippen LogP) is 11.5. The van der Waals surface area contributed by atoms with Crippen molar-refractivity contribution in [3.63, 3.8) is 0 Å². The largest absolute Gasteiger partial charge is 0.344 e. The Morgan fingerprint density at radius 1 is 0.426 bits per heavy atom. The highest BCUT2D eigenvalue weighted by Crippen LogP contribution is 2.41. The fourth-order valence-corrected chi connectivity index (χ4v) is 8.34. The summed E-state index contributed by atoms with van der Waals surface area (Å²) in [7, 11) is 0. The Bertz CT molecular complexity index is 3120. The van der Waals surface area contributed by atoms with Crippen LogP contribution in [0.1, 0.15) is 22.9 Å². The number of fused-ring (bicyclic) bond motifs is 7. The third kappa shape index (κ3) is 4.72. The van der Waals surface area contributed by atoms with Crippen molar-refractivity contribution in [2.24, 2.45) is 9.98 Å². The van der Waals surface area contributed by atoms with Gasteiger partial charge in [-0.1, -0.05) is 140 Å². The topological polar surface area (TPSA) is 46.6 Å². The van der Waals surface area contributed by atoms with Gasteiger partial charge in [0.25, 0.3) is 0 Å². The summed E-state index contributed by atoms with van der Waals surface area (Å²) in [6.45, 7) is 0. The number of nitrogens with zero attached hydrogens (tertiary/aromatic N) is 4. The number of amidine groups is 2. The van der Waals surface area contributed by atoms with Crippen LogP contribution in [0.5, 0.6) is 0 Å². The summed E-state index contributed by atoms with van der Waals surface area (Å²) in [5, 5.41) is 10.8. The van der Waals surface area contributed by atoms with E-state index in [2.05, 4.69) is 178 Å². The van der Waals surface area contributed by atoms with Crippen molar-refractivity contribution in [2.75, 3.05) is 0 Å². The lowest BCUT2D eigenvalue weighted by atomic mass is 10.0. The molecule has 0 aliphatic carbocycles. The molecule has 0 fully saturated rings. The smallest absolute Gasteiger partial charge is 0.160 e. The Morgan fingerprint density at radius 2 is 0.981 bits per heavy atom. The number of benzene rings is 8. The lowest BCUT2D eigenvalue weighted by molar-refractivity contribution is 0.674. The minimum atomic E-state index is -0.275. The second-order valence-corrected chi connectivity index (χ2v) is 13.8. The van der Waals surface area contributed by atoms with Crippen molar-refractivity contribution < 1.29 is 0 Å². The molecule has 0 amide bonds. The highest BCUT2D eigenvalue weighted by Gasteiger charge is 2.24. The second kappa shape index (κ2) is 12.2. The first-order valence-corrected chi connectivity index (χ1v) is 18.4. The standard InChI is InChI=1S/C49H33N5/c1-4-16-32(17-5-1)47-50-48(33-18-6-2-7-19-33)52-49(51-47)39-28-29-44(36-23-11-10-22-35(36)39)54-43-27-15-13-25-38(43)41-30-40-37-24-12-14-26-42(37)53(45(40)31-46(41)54)34-20-8-3-9-21-34/h1-31,47H,(H,50,51,52). The van der Waals surface area contributed by atoms with Crippen molar-refractivity contribution in [1.82, 2.24) is 14.5 Å². The van der Waals surface area contributed by atoms with Crippen molar-refractivity contribution in [1.29, 1.82) is 0 Å². The molecule has 0 saturated carbocycles. The molecular weight excluding hydrogens is 659 g/mol. The number of rotatable bonds is 5. The summed E-state index contributed by atoms with van der Waals surface area (Å²) in [5.74, 6) is 1.52. The summed E-state index contributed by atoms with van der Waals surface area (Å²) in [4.78, 5) is 10.4. The minimum absolute atomic E-state index is 0.275. The van der Waals surface area contributed by atoms with E-state index < -0.39 is 0 Å². The fourth-order valence-electron chi connectivity index (χ4n) is 8.34. The zero-order valence-corrected chi connectivity index (χ0v) is 29.3. The molecule has 0 bridgehead atoms. The summed E-state index contributed by atoms with van der Waals surface area (Å²) in [6.07, 6.45) is -0.275. The Kier molecular flexibility index (Phi) is 6.85. The van der Waals surface area contributed by atoms with Crippen molar-refractivity contribution in [3.8, 4) is 11.4 Å². The molecule has 0 radical (unpaired) electrons. The molecule has 1 aliphatic heterocycles. The van der Waals surface area contributed by atoms with E-state index in [4.69, 9.17) is 9.98 Å². The van der Waals surface area contributed by atoms with Gasteiger partial charge in [0.15, 0.2) is 5.84 Å². The van der Waals surface area contributed by atoms with Crippen LogP contribution in [-0.2, 0) is 0 Å². The van der Waals surface area contributed by atoms with Gasteiger partial charge in [-0.3, -0.25) is 0 Å². The van der Waals surface area contributed by atoms with Crippen LogP contribution in [0.4, 0.5) is 0 Å². The minimum Gasteiger partial charge on any atom is -0.344 e. The zero-order chi connectivity index (χ0) is 35.6. The van der Waals surface area contributed by atoms with E-state index in [1.54, 1.807) is 0 Å². The van der Waals surface area contributed by atoms with Gasteiger partial charge in [-0.15, -0.1) is 0 Å². The van der Waals surface area contributed by atoms with E-state index in [1.165, 1.54) is 38.1 Å². The average Bonchev–Trinajstić information content (AvgIpc) is 3.75. The molecule has 5 heteroatoms. The summed E-state index contributed by atoms with van der Waals surface area (Å²) >= 11 is 0. The van der Waals surface area contributed by atoms with Crippen LogP contribution in [0.25, 0.3) is 65.8 Å². The molecule has 1 N–H and O–H groups in total. The first-order valence-electron chi connectivity index (χ1n) is 18.4. The van der Waals surface area contributed by atoms with Crippen LogP contribution >= 0.6 is 0 Å². The Morgan fingerprint density at radius 3 is 1.69 bits per heavy atom. The molecule has 8 aromatic carbocycles. The van der Waals surface area contributed by atoms with Gasteiger partial charge in [-0.2, -0.15) is 0 Å². The van der Waals surface area contributed by atoms with Crippen molar-refractivity contribution >= 4 is 66.1 Å². The van der Waals surface area contributed by atoms with E-state index in [1.807, 2.05) is 24.3 Å². The van der Waals surface area contributed by atoms with E-state index in [9.17, 15) is 0 Å². The molecule has 1 unspecified atom stereocenters. The molecule has 1 aliphatic rings. The number of aliphatic imine (C=N–C) groups is 2. The predicted molar refractivity (Wildman–Crippen MR) is 224 cm³/mol. The Labute approximate surface area is 311 Å². The maximum absolute atomic E-state index is 5.24. The third-order valence-corrected chi connectivity index (χ3v) is 10.8. The lowest BCUT2D eigenvalue weighted by Crippen LogP contribution is -2.33. The van der Waals surface area contributed by atoms with Crippen molar-refractivity contribution in [3.05, 3.63) is 205 Å². The fraction of sp³-hybridized carbons (Fsp3) is 0.0204. The van der Waals surface area contributed by atoms with E-state index in [0.29, 0.717) is 5.84 Å². The Balaban J connectivity index is 1.17. The molecule has 0 saturated heterocycles. The van der Waals surface area contributed by atoms with E-state index >= 15 is 0 Å². The number of hydrogen-bond acceptors (Lipinski definition) is 3. The van der Waals surface area contributed by atoms with Gasteiger partial charge in [0.2, 0.25) is 0 Å². The molecular formula is C49H33N5. The second-order valence-electron chi connectivity index (χ2n) is 13.8. The van der Waals surface area contributed by atoms with E-state index in [0.717, 1.165) is 50.2 Å². The monoisotopic (exact) mass is 691 g/mol. The van der Waals surface area contributed by atoms with Crippen LogP contribution in [-0.4, -0.2) is 20.8 Å². The third-order valence-electron chi connectivity index (χ3n) is 10.8. The maximum atomic E-state index is 5.24. The molecule has 11 rings (SSSR count). The van der Waals surface area contributed by atoms with Gasteiger partial charge in [-0.05, 0) is 59.5 Å². The summed E-state index contributed by atoms with van der Waals surface area (Å²) in [5.41, 5.74) is 10.1. The average molecular weight is 692 g/mol. The number of hydrogen-bond donors (Lipinski definition) is 1. The summed E-state index contributed by atoms with van der Waals surface area (Å²) < 4.78 is 4.84. The van der Waals surface area contributed by atoms with Gasteiger partial charge in [0.1, 0.15) is 12.0 Å². The molecule has 0 spiro atoms. The van der Waals surface area contributed by atoms with Crippen LogP contribution in [0.3, 0.4) is 0 Å². The highest BCUT2D eigenvalue weighted by atomic mass is 15.2. The zero-order valence-electron chi connectivity index (χ0n) is 29.3. The highest BCUT2D eigenvalue weighted by molar-refractivity contribution is 6.21. The normalized spacial score (nSPS) is 14.5. The number of nitrogens with one attached hydrogen (secondary N) is 1. The SMILES string of the molecule is c1ccc(C2=NC(c3ccc(-n4c5ccccc5c5cc6c7ccccc7n(-c7ccccc7)c6cc54)c4ccccc34)=NC(c3ccccc3)N2)cc1. The Hall–Kier alpha value is -7.24. The van der Waals surface area contributed by atoms with Gasteiger partial charge in [0.05, 0.1) is 27.8 Å². The van der Waals surface area contributed by atoms with E-state index in [-0.39, 0.29) is 6.17 Å². The first-order chi connectivity index (χ1) is 26.8.